The number of hydrogen-bond donors (Lipinski definition) is 2. The van der Waals surface area contributed by atoms with Gasteiger partial charge in [-0.2, -0.15) is 0 Å². The Morgan fingerprint density at radius 3 is 2.68 bits per heavy atom. The standard InChI is InChI=1S/C13H19FN4O/c1-17-4-6-18(7-5-17)9-10-2-3-11(14)8-12(10)13(15)16-19/h2-3,8,19H,4-7,9H2,1H3,(H2,15,16). The summed E-state index contributed by atoms with van der Waals surface area (Å²) in [6.07, 6.45) is 0. The van der Waals surface area contributed by atoms with Crippen molar-refractivity contribution in [2.45, 2.75) is 6.54 Å². The van der Waals surface area contributed by atoms with E-state index < -0.39 is 0 Å². The molecular weight excluding hydrogens is 247 g/mol. The molecule has 1 aromatic carbocycles. The third kappa shape index (κ3) is 3.42. The summed E-state index contributed by atoms with van der Waals surface area (Å²) in [5.41, 5.74) is 6.93. The lowest BCUT2D eigenvalue weighted by Gasteiger charge is -2.32. The largest absolute Gasteiger partial charge is 0.409 e. The van der Waals surface area contributed by atoms with Gasteiger partial charge in [0.2, 0.25) is 0 Å². The Morgan fingerprint density at radius 2 is 2.05 bits per heavy atom. The zero-order valence-corrected chi connectivity index (χ0v) is 11.0. The van der Waals surface area contributed by atoms with Gasteiger partial charge in [0.05, 0.1) is 0 Å². The smallest absolute Gasteiger partial charge is 0.170 e. The van der Waals surface area contributed by atoms with Crippen LogP contribution in [0.4, 0.5) is 4.39 Å². The number of hydrogen-bond acceptors (Lipinski definition) is 4. The van der Waals surface area contributed by atoms with Crippen molar-refractivity contribution in [2.24, 2.45) is 10.9 Å². The van der Waals surface area contributed by atoms with Crippen LogP contribution < -0.4 is 5.73 Å². The van der Waals surface area contributed by atoms with Gasteiger partial charge in [0.1, 0.15) is 5.82 Å². The summed E-state index contributed by atoms with van der Waals surface area (Å²) in [4.78, 5) is 4.55. The van der Waals surface area contributed by atoms with Crippen molar-refractivity contribution in [3.8, 4) is 0 Å². The molecule has 1 fully saturated rings. The van der Waals surface area contributed by atoms with Gasteiger partial charge in [-0.25, -0.2) is 4.39 Å². The van der Waals surface area contributed by atoms with E-state index in [-0.39, 0.29) is 11.7 Å². The average molecular weight is 266 g/mol. The fourth-order valence-electron chi connectivity index (χ4n) is 2.23. The minimum absolute atomic E-state index is 0.0522. The van der Waals surface area contributed by atoms with Gasteiger partial charge in [0.25, 0.3) is 0 Å². The van der Waals surface area contributed by atoms with Gasteiger partial charge in [-0.3, -0.25) is 4.90 Å². The Kier molecular flexibility index (Phi) is 4.34. The lowest BCUT2D eigenvalue weighted by Crippen LogP contribution is -2.44. The lowest BCUT2D eigenvalue weighted by molar-refractivity contribution is 0.148. The minimum Gasteiger partial charge on any atom is -0.409 e. The molecule has 0 atom stereocenters. The Balaban J connectivity index is 2.15. The second-order valence-corrected chi connectivity index (χ2v) is 4.87. The molecule has 3 N–H and O–H groups in total. The molecule has 0 spiro atoms. The van der Waals surface area contributed by atoms with Crippen LogP contribution in [0, 0.1) is 5.82 Å². The van der Waals surface area contributed by atoms with E-state index in [1.54, 1.807) is 6.07 Å². The molecule has 1 aliphatic rings. The number of nitrogens with two attached hydrogens (primary N) is 1. The number of halogens is 1. The lowest BCUT2D eigenvalue weighted by atomic mass is 10.1. The number of nitrogens with zero attached hydrogens (tertiary/aromatic N) is 3. The van der Waals surface area contributed by atoms with Crippen LogP contribution in [0.3, 0.4) is 0 Å². The topological polar surface area (TPSA) is 65.1 Å². The van der Waals surface area contributed by atoms with Gasteiger partial charge in [-0.15, -0.1) is 0 Å². The Morgan fingerprint density at radius 1 is 1.37 bits per heavy atom. The molecule has 1 aromatic rings. The van der Waals surface area contributed by atoms with Crippen LogP contribution in [0.5, 0.6) is 0 Å². The third-order valence-electron chi connectivity index (χ3n) is 3.45. The molecule has 0 aromatic heterocycles. The number of rotatable bonds is 3. The van der Waals surface area contributed by atoms with Crippen LogP contribution in [-0.4, -0.2) is 54.1 Å². The molecular formula is C13H19FN4O. The number of benzene rings is 1. The first-order valence-corrected chi connectivity index (χ1v) is 6.27. The predicted octanol–water partition coefficient (Wildman–Crippen LogP) is 0.668. The molecule has 1 aliphatic heterocycles. The first-order valence-electron chi connectivity index (χ1n) is 6.27. The van der Waals surface area contributed by atoms with Crippen LogP contribution in [0.25, 0.3) is 0 Å². The van der Waals surface area contributed by atoms with Gasteiger partial charge in [0, 0.05) is 38.3 Å². The quantitative estimate of drug-likeness (QED) is 0.365. The molecule has 1 saturated heterocycles. The molecule has 2 rings (SSSR count). The van der Waals surface area contributed by atoms with Crippen molar-refractivity contribution in [3.05, 3.63) is 35.1 Å². The second kappa shape index (κ2) is 5.99. The van der Waals surface area contributed by atoms with E-state index in [2.05, 4.69) is 22.0 Å². The van der Waals surface area contributed by atoms with Crippen molar-refractivity contribution < 1.29 is 9.60 Å². The van der Waals surface area contributed by atoms with E-state index in [0.29, 0.717) is 12.1 Å². The zero-order chi connectivity index (χ0) is 13.8. The van der Waals surface area contributed by atoms with Crippen LogP contribution in [0.1, 0.15) is 11.1 Å². The molecule has 0 bridgehead atoms. The molecule has 104 valence electrons. The highest BCUT2D eigenvalue weighted by molar-refractivity contribution is 5.98. The number of oxime groups is 1. The predicted molar refractivity (Wildman–Crippen MR) is 71.7 cm³/mol. The summed E-state index contributed by atoms with van der Waals surface area (Å²) in [6.45, 7) is 4.63. The molecule has 0 radical (unpaired) electrons. The summed E-state index contributed by atoms with van der Waals surface area (Å²) >= 11 is 0. The van der Waals surface area contributed by atoms with E-state index in [1.165, 1.54) is 12.1 Å². The van der Waals surface area contributed by atoms with Crippen molar-refractivity contribution >= 4 is 5.84 Å². The number of likely N-dealkylation sites (N-methyl/N-ethyl adjacent to an activating group) is 1. The first kappa shape index (κ1) is 13.8. The van der Waals surface area contributed by atoms with Crippen molar-refractivity contribution in [3.63, 3.8) is 0 Å². The third-order valence-corrected chi connectivity index (χ3v) is 3.45. The van der Waals surface area contributed by atoms with Gasteiger partial charge in [-0.1, -0.05) is 11.2 Å². The Labute approximate surface area is 112 Å². The highest BCUT2D eigenvalue weighted by atomic mass is 19.1. The van der Waals surface area contributed by atoms with Crippen molar-refractivity contribution in [1.29, 1.82) is 0 Å². The van der Waals surface area contributed by atoms with Gasteiger partial charge in [-0.05, 0) is 24.7 Å². The van der Waals surface area contributed by atoms with E-state index in [4.69, 9.17) is 10.9 Å². The van der Waals surface area contributed by atoms with Crippen LogP contribution in [0.2, 0.25) is 0 Å². The van der Waals surface area contributed by atoms with Gasteiger partial charge < -0.3 is 15.8 Å². The number of amidine groups is 1. The molecule has 6 heteroatoms. The number of piperazine rings is 1. The molecule has 5 nitrogen and oxygen atoms in total. The fourth-order valence-corrected chi connectivity index (χ4v) is 2.23. The first-order chi connectivity index (χ1) is 9.10. The van der Waals surface area contributed by atoms with E-state index in [9.17, 15) is 4.39 Å². The average Bonchev–Trinajstić information content (AvgIpc) is 2.42. The molecule has 0 saturated carbocycles. The SMILES string of the molecule is CN1CCN(Cc2ccc(F)cc2C(N)=NO)CC1. The maximum Gasteiger partial charge on any atom is 0.170 e. The van der Waals surface area contributed by atoms with Gasteiger partial charge in [0.15, 0.2) is 5.84 Å². The molecule has 0 amide bonds. The monoisotopic (exact) mass is 266 g/mol. The molecule has 1 heterocycles. The highest BCUT2D eigenvalue weighted by Gasteiger charge is 2.16. The fraction of sp³-hybridized carbons (Fsp3) is 0.462. The van der Waals surface area contributed by atoms with Crippen LogP contribution in [0.15, 0.2) is 23.4 Å². The molecule has 0 aliphatic carbocycles. The maximum absolute atomic E-state index is 13.3. The normalized spacial score (nSPS) is 18.7. The van der Waals surface area contributed by atoms with Crippen LogP contribution >= 0.6 is 0 Å². The van der Waals surface area contributed by atoms with Crippen molar-refractivity contribution in [1.82, 2.24) is 9.80 Å². The van der Waals surface area contributed by atoms with E-state index in [1.807, 2.05) is 0 Å². The van der Waals surface area contributed by atoms with E-state index in [0.717, 1.165) is 31.7 Å². The Bertz CT molecular complexity index is 470. The maximum atomic E-state index is 13.3. The highest BCUT2D eigenvalue weighted by Crippen LogP contribution is 2.15. The summed E-state index contributed by atoms with van der Waals surface area (Å²) in [5, 5.41) is 11.7. The zero-order valence-electron chi connectivity index (χ0n) is 11.0. The molecule has 19 heavy (non-hydrogen) atoms. The molecule has 0 unspecified atom stereocenters. The Hall–Kier alpha value is -1.66. The summed E-state index contributed by atoms with van der Waals surface area (Å²) in [6, 6.07) is 4.40. The minimum atomic E-state index is -0.385. The summed E-state index contributed by atoms with van der Waals surface area (Å²) in [7, 11) is 2.09. The second-order valence-electron chi connectivity index (χ2n) is 4.87. The van der Waals surface area contributed by atoms with Gasteiger partial charge >= 0.3 is 0 Å². The van der Waals surface area contributed by atoms with E-state index >= 15 is 0 Å². The van der Waals surface area contributed by atoms with Crippen LogP contribution in [-0.2, 0) is 6.54 Å². The summed E-state index contributed by atoms with van der Waals surface area (Å²) < 4.78 is 13.3. The summed E-state index contributed by atoms with van der Waals surface area (Å²) in [5.74, 6) is -0.438. The van der Waals surface area contributed by atoms with Crippen molar-refractivity contribution in [2.75, 3.05) is 33.2 Å².